The highest BCUT2D eigenvalue weighted by atomic mass is 16.4. The number of nitrogens with two attached hydrogens (primary N) is 1. The van der Waals surface area contributed by atoms with E-state index in [9.17, 15) is 5.11 Å². The van der Waals surface area contributed by atoms with E-state index in [0.717, 1.165) is 33.7 Å². The molecule has 0 amide bonds. The monoisotopic (exact) mass is 378 g/mol. The molecular formula is C24H30N2O2. The molecule has 4 heteroatoms. The van der Waals surface area contributed by atoms with E-state index in [1.54, 1.807) is 0 Å². The van der Waals surface area contributed by atoms with Crippen LogP contribution in [-0.4, -0.2) is 10.1 Å². The highest BCUT2D eigenvalue weighted by molar-refractivity contribution is 5.69. The summed E-state index contributed by atoms with van der Waals surface area (Å²) in [5.41, 5.74) is 10.5. The van der Waals surface area contributed by atoms with Crippen LogP contribution in [0.5, 0.6) is 5.75 Å². The maximum Gasteiger partial charge on any atom is 0.226 e. The van der Waals surface area contributed by atoms with Crippen LogP contribution >= 0.6 is 0 Å². The van der Waals surface area contributed by atoms with E-state index in [1.165, 1.54) is 0 Å². The molecule has 0 spiro atoms. The van der Waals surface area contributed by atoms with Crippen LogP contribution in [0.1, 0.15) is 58.4 Å². The van der Waals surface area contributed by atoms with Gasteiger partial charge in [0.1, 0.15) is 17.2 Å². The van der Waals surface area contributed by atoms with Crippen LogP contribution < -0.4 is 5.73 Å². The summed E-state index contributed by atoms with van der Waals surface area (Å²) in [7, 11) is 0. The van der Waals surface area contributed by atoms with E-state index < -0.39 is 0 Å². The second-order valence-corrected chi connectivity index (χ2v) is 9.47. The Labute approximate surface area is 167 Å². The number of oxazole rings is 1. The number of phenols is 1. The molecule has 28 heavy (non-hydrogen) atoms. The fourth-order valence-electron chi connectivity index (χ4n) is 3.33. The SMILES string of the molecule is Cc1oc(-c2cc(C(C)(C)C)c(O)c(C(C)(C)C)c2)nc1-c1ccc(N)cc1. The molecule has 148 valence electrons. The van der Waals surface area contributed by atoms with Gasteiger partial charge in [-0.25, -0.2) is 4.98 Å². The van der Waals surface area contributed by atoms with Crippen molar-refractivity contribution < 1.29 is 9.52 Å². The predicted molar refractivity (Wildman–Crippen MR) is 116 cm³/mol. The van der Waals surface area contributed by atoms with E-state index >= 15 is 0 Å². The van der Waals surface area contributed by atoms with Gasteiger partial charge in [-0.1, -0.05) is 53.7 Å². The van der Waals surface area contributed by atoms with Crippen LogP contribution in [0.3, 0.4) is 0 Å². The second-order valence-electron chi connectivity index (χ2n) is 9.47. The van der Waals surface area contributed by atoms with Crippen molar-refractivity contribution >= 4 is 5.69 Å². The number of aromatic nitrogens is 1. The van der Waals surface area contributed by atoms with Crippen molar-refractivity contribution in [3.8, 4) is 28.5 Å². The van der Waals surface area contributed by atoms with Crippen LogP contribution in [0.15, 0.2) is 40.8 Å². The van der Waals surface area contributed by atoms with Crippen LogP contribution in [0.2, 0.25) is 0 Å². The molecule has 2 aromatic carbocycles. The predicted octanol–water partition coefficient (Wildman–Crippen LogP) is 6.20. The summed E-state index contributed by atoms with van der Waals surface area (Å²) in [5, 5.41) is 10.9. The summed E-state index contributed by atoms with van der Waals surface area (Å²) < 4.78 is 6.04. The minimum Gasteiger partial charge on any atom is -0.507 e. The lowest BCUT2D eigenvalue weighted by molar-refractivity contribution is 0.423. The number of hydrogen-bond acceptors (Lipinski definition) is 4. The van der Waals surface area contributed by atoms with Gasteiger partial charge in [-0.2, -0.15) is 0 Å². The van der Waals surface area contributed by atoms with E-state index in [2.05, 4.69) is 41.5 Å². The van der Waals surface area contributed by atoms with E-state index in [4.69, 9.17) is 15.1 Å². The largest absolute Gasteiger partial charge is 0.507 e. The maximum absolute atomic E-state index is 10.9. The lowest BCUT2D eigenvalue weighted by Gasteiger charge is -2.27. The molecule has 1 heterocycles. The zero-order valence-electron chi connectivity index (χ0n) is 17.8. The Hall–Kier alpha value is -2.75. The maximum atomic E-state index is 10.9. The van der Waals surface area contributed by atoms with E-state index in [-0.39, 0.29) is 10.8 Å². The smallest absolute Gasteiger partial charge is 0.226 e. The topological polar surface area (TPSA) is 72.3 Å². The van der Waals surface area contributed by atoms with Crippen molar-refractivity contribution in [3.63, 3.8) is 0 Å². The summed E-state index contributed by atoms with van der Waals surface area (Å²) in [6, 6.07) is 11.6. The molecule has 3 aromatic rings. The zero-order valence-corrected chi connectivity index (χ0v) is 17.8. The first-order chi connectivity index (χ1) is 12.9. The standard InChI is InChI=1S/C24H30N2O2/c1-14-20(15-8-10-17(25)11-9-15)26-22(28-14)16-12-18(23(2,3)4)21(27)19(13-16)24(5,6)7/h8-13,27H,25H2,1-7H3. The molecule has 0 saturated heterocycles. The molecule has 3 rings (SSSR count). The normalized spacial score (nSPS) is 12.4. The third kappa shape index (κ3) is 3.77. The Balaban J connectivity index is 2.19. The second kappa shape index (κ2) is 6.69. The van der Waals surface area contributed by atoms with Crippen LogP contribution in [-0.2, 0) is 10.8 Å². The molecule has 0 unspecified atom stereocenters. The first-order valence-electron chi connectivity index (χ1n) is 9.59. The molecule has 0 fully saturated rings. The average molecular weight is 379 g/mol. The fourth-order valence-corrected chi connectivity index (χ4v) is 3.33. The Morgan fingerprint density at radius 2 is 1.36 bits per heavy atom. The van der Waals surface area contributed by atoms with Gasteiger partial charge in [0.25, 0.3) is 0 Å². The van der Waals surface area contributed by atoms with Gasteiger partial charge < -0.3 is 15.3 Å². The summed E-state index contributed by atoms with van der Waals surface area (Å²) in [4.78, 5) is 4.77. The van der Waals surface area contributed by atoms with Crippen molar-refractivity contribution in [3.05, 3.63) is 53.3 Å². The number of nitrogen functional groups attached to an aromatic ring is 1. The zero-order chi connectivity index (χ0) is 20.9. The molecule has 3 N–H and O–H groups in total. The highest BCUT2D eigenvalue weighted by Crippen LogP contribution is 2.42. The number of nitrogens with zero attached hydrogens (tertiary/aromatic N) is 1. The van der Waals surface area contributed by atoms with Crippen molar-refractivity contribution in [1.29, 1.82) is 0 Å². The van der Waals surface area contributed by atoms with Crippen LogP contribution in [0, 0.1) is 6.92 Å². The molecule has 0 radical (unpaired) electrons. The lowest BCUT2D eigenvalue weighted by atomic mass is 9.78. The first-order valence-corrected chi connectivity index (χ1v) is 9.59. The van der Waals surface area contributed by atoms with Gasteiger partial charge >= 0.3 is 0 Å². The summed E-state index contributed by atoms with van der Waals surface area (Å²) in [6.45, 7) is 14.5. The van der Waals surface area contributed by atoms with Gasteiger partial charge in [0, 0.05) is 27.9 Å². The first kappa shape index (κ1) is 20.0. The van der Waals surface area contributed by atoms with Gasteiger partial charge in [-0.05, 0) is 42.0 Å². The number of benzene rings is 2. The van der Waals surface area contributed by atoms with E-state index in [1.807, 2.05) is 43.3 Å². The van der Waals surface area contributed by atoms with Crippen molar-refractivity contribution in [2.75, 3.05) is 5.73 Å². The Morgan fingerprint density at radius 3 is 1.82 bits per heavy atom. The molecule has 0 bridgehead atoms. The summed E-state index contributed by atoms with van der Waals surface area (Å²) >= 11 is 0. The quantitative estimate of drug-likeness (QED) is 0.521. The molecular weight excluding hydrogens is 348 g/mol. The summed E-state index contributed by atoms with van der Waals surface area (Å²) in [6.07, 6.45) is 0. The molecule has 0 aliphatic carbocycles. The Kier molecular flexibility index (Phi) is 4.78. The van der Waals surface area contributed by atoms with Crippen LogP contribution in [0.4, 0.5) is 5.69 Å². The summed E-state index contributed by atoms with van der Waals surface area (Å²) in [5.74, 6) is 1.66. The molecule has 4 nitrogen and oxygen atoms in total. The fraction of sp³-hybridized carbons (Fsp3) is 0.375. The molecule has 0 atom stereocenters. The molecule has 1 aromatic heterocycles. The third-order valence-electron chi connectivity index (χ3n) is 4.95. The molecule has 0 saturated carbocycles. The van der Waals surface area contributed by atoms with Crippen molar-refractivity contribution in [1.82, 2.24) is 4.98 Å². The van der Waals surface area contributed by atoms with Crippen molar-refractivity contribution in [2.24, 2.45) is 0 Å². The Bertz CT molecular complexity index is 966. The number of aryl methyl sites for hydroxylation is 1. The molecule has 0 aliphatic rings. The number of aromatic hydroxyl groups is 1. The lowest BCUT2D eigenvalue weighted by Crippen LogP contribution is -2.17. The average Bonchev–Trinajstić information content (AvgIpc) is 2.95. The molecule has 0 aliphatic heterocycles. The van der Waals surface area contributed by atoms with Gasteiger partial charge in [-0.15, -0.1) is 0 Å². The minimum atomic E-state index is -0.207. The van der Waals surface area contributed by atoms with Gasteiger partial charge in [0.15, 0.2) is 0 Å². The highest BCUT2D eigenvalue weighted by Gasteiger charge is 2.28. The third-order valence-corrected chi connectivity index (χ3v) is 4.95. The van der Waals surface area contributed by atoms with Gasteiger partial charge in [0.05, 0.1) is 0 Å². The minimum absolute atomic E-state index is 0.207. The number of anilines is 1. The van der Waals surface area contributed by atoms with Crippen molar-refractivity contribution in [2.45, 2.75) is 59.3 Å². The van der Waals surface area contributed by atoms with Gasteiger partial charge in [-0.3, -0.25) is 0 Å². The van der Waals surface area contributed by atoms with Crippen LogP contribution in [0.25, 0.3) is 22.7 Å². The van der Waals surface area contributed by atoms with E-state index in [0.29, 0.717) is 17.3 Å². The van der Waals surface area contributed by atoms with Gasteiger partial charge in [0.2, 0.25) is 5.89 Å². The number of phenolic OH excluding ortho intramolecular Hbond substituents is 1. The number of hydrogen-bond donors (Lipinski definition) is 2. The Morgan fingerprint density at radius 1 is 0.857 bits per heavy atom. The number of rotatable bonds is 2.